The van der Waals surface area contributed by atoms with Crippen molar-refractivity contribution in [1.82, 2.24) is 19.2 Å². The van der Waals surface area contributed by atoms with Gasteiger partial charge in [-0.1, -0.05) is 32.0 Å². The van der Waals surface area contributed by atoms with Crippen LogP contribution < -0.4 is 14.5 Å². The van der Waals surface area contributed by atoms with E-state index in [1.54, 1.807) is 25.7 Å². The Bertz CT molecular complexity index is 1030. The van der Waals surface area contributed by atoms with E-state index in [4.69, 9.17) is 4.74 Å². The first kappa shape index (κ1) is 23.0. The normalized spacial score (nSPS) is 13.9. The number of anilines is 2. The van der Waals surface area contributed by atoms with E-state index in [1.165, 1.54) is 11.5 Å². The van der Waals surface area contributed by atoms with E-state index < -0.39 is 0 Å². The molecule has 1 fully saturated rings. The molecule has 1 aliphatic heterocycles. The predicted molar refractivity (Wildman–Crippen MR) is 132 cm³/mol. The molecule has 9 heteroatoms. The van der Waals surface area contributed by atoms with E-state index in [2.05, 4.69) is 50.1 Å². The number of benzene rings is 1. The average molecular weight is 467 g/mol. The number of hydrogen-bond donors (Lipinski definition) is 0. The van der Waals surface area contributed by atoms with Crippen molar-refractivity contribution >= 4 is 28.1 Å². The highest BCUT2D eigenvalue weighted by molar-refractivity contribution is 7.10. The molecule has 3 aromatic rings. The molecule has 1 amide bonds. The molecule has 1 saturated heterocycles. The summed E-state index contributed by atoms with van der Waals surface area (Å²) in [6, 6.07) is 10.6. The van der Waals surface area contributed by atoms with Crippen LogP contribution in [0.2, 0.25) is 0 Å². The van der Waals surface area contributed by atoms with Crippen LogP contribution in [0.5, 0.6) is 6.01 Å². The number of carbonyl (C=O) groups is 1. The standard InChI is InChI=1S/C24H30N6O2S/c1-18(2)16-30(23-8-9-27-33-23)17-22(31)29-12-10-28(11-13-29)21-7-5-4-6-20(21)19-14-25-24(32-3)26-15-19/h4-9,14-15,18H,10-13,16-17H2,1-3H3. The third-order valence-electron chi connectivity index (χ3n) is 5.65. The Morgan fingerprint density at radius 3 is 2.48 bits per heavy atom. The number of hydrogen-bond acceptors (Lipinski definition) is 8. The maximum absolute atomic E-state index is 13.1. The molecule has 0 saturated carbocycles. The van der Waals surface area contributed by atoms with Crippen molar-refractivity contribution < 1.29 is 9.53 Å². The topological polar surface area (TPSA) is 74.7 Å². The van der Waals surface area contributed by atoms with Gasteiger partial charge in [0.1, 0.15) is 5.00 Å². The van der Waals surface area contributed by atoms with E-state index >= 15 is 0 Å². The number of para-hydroxylation sites is 1. The van der Waals surface area contributed by atoms with E-state index in [-0.39, 0.29) is 5.91 Å². The molecule has 2 aromatic heterocycles. The number of piperazine rings is 1. The molecule has 3 heterocycles. The zero-order valence-electron chi connectivity index (χ0n) is 19.3. The van der Waals surface area contributed by atoms with E-state index in [0.29, 0.717) is 31.6 Å². The van der Waals surface area contributed by atoms with Crippen LogP contribution in [-0.4, -0.2) is 71.5 Å². The summed E-state index contributed by atoms with van der Waals surface area (Å²) < 4.78 is 9.29. The largest absolute Gasteiger partial charge is 0.467 e. The van der Waals surface area contributed by atoms with Gasteiger partial charge in [0.2, 0.25) is 5.91 Å². The van der Waals surface area contributed by atoms with Gasteiger partial charge in [0.05, 0.1) is 13.7 Å². The van der Waals surface area contributed by atoms with Crippen LogP contribution in [0.3, 0.4) is 0 Å². The average Bonchev–Trinajstić information content (AvgIpc) is 3.39. The SMILES string of the molecule is COc1ncc(-c2ccccc2N2CCN(C(=O)CN(CC(C)C)c3ccns3)CC2)cn1. The third kappa shape index (κ3) is 5.60. The van der Waals surface area contributed by atoms with Gasteiger partial charge in [-0.15, -0.1) is 0 Å². The Balaban J connectivity index is 1.41. The Morgan fingerprint density at radius 1 is 1.12 bits per heavy atom. The molecule has 0 spiro atoms. The van der Waals surface area contributed by atoms with Crippen LogP contribution in [0, 0.1) is 5.92 Å². The van der Waals surface area contributed by atoms with Crippen molar-refractivity contribution in [1.29, 1.82) is 0 Å². The minimum atomic E-state index is 0.167. The minimum Gasteiger partial charge on any atom is -0.467 e. The molecule has 0 atom stereocenters. The van der Waals surface area contributed by atoms with Gasteiger partial charge in [0.25, 0.3) is 0 Å². The first-order valence-electron chi connectivity index (χ1n) is 11.2. The highest BCUT2D eigenvalue weighted by Crippen LogP contribution is 2.31. The second-order valence-corrected chi connectivity index (χ2v) is 9.28. The number of rotatable bonds is 8. The van der Waals surface area contributed by atoms with Gasteiger partial charge < -0.3 is 19.4 Å². The molecule has 4 rings (SSSR count). The lowest BCUT2D eigenvalue weighted by molar-refractivity contribution is -0.130. The lowest BCUT2D eigenvalue weighted by Crippen LogP contribution is -2.51. The Morgan fingerprint density at radius 2 is 1.85 bits per heavy atom. The van der Waals surface area contributed by atoms with Gasteiger partial charge in [0.15, 0.2) is 0 Å². The highest BCUT2D eigenvalue weighted by Gasteiger charge is 2.25. The summed E-state index contributed by atoms with van der Waals surface area (Å²) >= 11 is 1.44. The van der Waals surface area contributed by atoms with Gasteiger partial charge in [-0.3, -0.25) is 4.79 Å². The van der Waals surface area contributed by atoms with Crippen molar-refractivity contribution in [2.24, 2.45) is 5.92 Å². The number of aromatic nitrogens is 3. The van der Waals surface area contributed by atoms with Gasteiger partial charge in [0, 0.05) is 68.1 Å². The molecular formula is C24H30N6O2S. The van der Waals surface area contributed by atoms with Gasteiger partial charge in [-0.05, 0) is 29.6 Å². The molecule has 0 radical (unpaired) electrons. The van der Waals surface area contributed by atoms with Gasteiger partial charge in [-0.2, -0.15) is 4.37 Å². The summed E-state index contributed by atoms with van der Waals surface area (Å²) in [5.41, 5.74) is 3.15. The molecule has 8 nitrogen and oxygen atoms in total. The quantitative estimate of drug-likeness (QED) is 0.504. The summed E-state index contributed by atoms with van der Waals surface area (Å²) in [5.74, 6) is 0.635. The van der Waals surface area contributed by atoms with Crippen molar-refractivity contribution in [2.75, 3.05) is 56.2 Å². The second kappa shape index (κ2) is 10.6. The van der Waals surface area contributed by atoms with Crippen LogP contribution >= 0.6 is 11.5 Å². The molecule has 1 aromatic carbocycles. The first-order valence-corrected chi connectivity index (χ1v) is 12.0. The Hall–Kier alpha value is -3.20. The molecular weight excluding hydrogens is 436 g/mol. The van der Waals surface area contributed by atoms with E-state index in [0.717, 1.165) is 41.4 Å². The maximum Gasteiger partial charge on any atom is 0.316 e. The number of amides is 1. The summed E-state index contributed by atoms with van der Waals surface area (Å²) in [6.07, 6.45) is 5.36. The lowest BCUT2D eigenvalue weighted by atomic mass is 10.1. The van der Waals surface area contributed by atoms with E-state index in [1.807, 2.05) is 23.1 Å². The van der Waals surface area contributed by atoms with Gasteiger partial charge >= 0.3 is 6.01 Å². The molecule has 174 valence electrons. The van der Waals surface area contributed by atoms with Crippen LogP contribution in [0.1, 0.15) is 13.8 Å². The predicted octanol–water partition coefficient (Wildman–Crippen LogP) is 3.42. The molecule has 0 N–H and O–H groups in total. The lowest BCUT2D eigenvalue weighted by Gasteiger charge is -2.38. The van der Waals surface area contributed by atoms with Crippen molar-refractivity contribution in [3.05, 3.63) is 48.9 Å². The van der Waals surface area contributed by atoms with Crippen LogP contribution in [0.25, 0.3) is 11.1 Å². The Kier molecular flexibility index (Phi) is 7.39. The highest BCUT2D eigenvalue weighted by atomic mass is 32.1. The van der Waals surface area contributed by atoms with Crippen LogP contribution in [0.4, 0.5) is 10.7 Å². The number of methoxy groups -OCH3 is 1. The van der Waals surface area contributed by atoms with Crippen molar-refractivity contribution in [2.45, 2.75) is 13.8 Å². The fourth-order valence-corrected chi connectivity index (χ4v) is 4.67. The minimum absolute atomic E-state index is 0.167. The van der Waals surface area contributed by atoms with Crippen LogP contribution in [0.15, 0.2) is 48.9 Å². The number of nitrogens with zero attached hydrogens (tertiary/aromatic N) is 6. The molecule has 0 unspecified atom stereocenters. The zero-order chi connectivity index (χ0) is 23.2. The monoisotopic (exact) mass is 466 g/mol. The van der Waals surface area contributed by atoms with Crippen molar-refractivity contribution in [3.8, 4) is 17.1 Å². The van der Waals surface area contributed by atoms with Crippen molar-refractivity contribution in [3.63, 3.8) is 0 Å². The van der Waals surface area contributed by atoms with E-state index in [9.17, 15) is 4.79 Å². The fraction of sp³-hybridized carbons (Fsp3) is 0.417. The number of ether oxygens (including phenoxy) is 1. The summed E-state index contributed by atoms with van der Waals surface area (Å²) in [5, 5.41) is 1.05. The smallest absolute Gasteiger partial charge is 0.316 e. The summed E-state index contributed by atoms with van der Waals surface area (Å²) in [6.45, 7) is 8.53. The van der Waals surface area contributed by atoms with Crippen LogP contribution in [-0.2, 0) is 4.79 Å². The second-order valence-electron chi connectivity index (χ2n) is 8.47. The third-order valence-corrected chi connectivity index (χ3v) is 6.45. The molecule has 0 bridgehead atoms. The summed E-state index contributed by atoms with van der Waals surface area (Å²) in [4.78, 5) is 28.1. The number of carbonyl (C=O) groups excluding carboxylic acids is 1. The maximum atomic E-state index is 13.1. The zero-order valence-corrected chi connectivity index (χ0v) is 20.2. The first-order chi connectivity index (χ1) is 16.0. The van der Waals surface area contributed by atoms with Gasteiger partial charge in [-0.25, -0.2) is 9.97 Å². The molecule has 1 aliphatic rings. The Labute approximate surface area is 199 Å². The molecule has 0 aliphatic carbocycles. The summed E-state index contributed by atoms with van der Waals surface area (Å²) in [7, 11) is 1.56. The fourth-order valence-electron chi connectivity index (χ4n) is 4.06. The molecule has 33 heavy (non-hydrogen) atoms.